The van der Waals surface area contributed by atoms with E-state index in [9.17, 15) is 22.8 Å². The largest absolute Gasteiger partial charge is 0.418 e. The number of rotatable bonds is 8. The molecular formula is C23H24F3N3O2S. The Morgan fingerprint density at radius 2 is 1.69 bits per heavy atom. The quantitative estimate of drug-likeness (QED) is 0.464. The first-order valence-electron chi connectivity index (χ1n) is 10.2. The fourth-order valence-corrected chi connectivity index (χ4v) is 4.34. The molecule has 1 heterocycles. The Labute approximate surface area is 188 Å². The number of aromatic nitrogens is 1. The zero-order valence-electron chi connectivity index (χ0n) is 17.8. The van der Waals surface area contributed by atoms with Gasteiger partial charge in [-0.3, -0.25) is 9.59 Å². The molecular weight excluding hydrogens is 439 g/mol. The molecule has 3 rings (SSSR count). The number of hydrogen-bond donors (Lipinski definition) is 1. The maximum Gasteiger partial charge on any atom is 0.418 e. The first-order chi connectivity index (χ1) is 15.2. The molecule has 0 unspecified atom stereocenters. The Bertz CT molecular complexity index is 1110. The molecule has 170 valence electrons. The van der Waals surface area contributed by atoms with Crippen LogP contribution >= 0.6 is 11.8 Å². The van der Waals surface area contributed by atoms with Gasteiger partial charge in [0.2, 0.25) is 11.8 Å². The third kappa shape index (κ3) is 5.45. The molecule has 1 aromatic heterocycles. The zero-order chi connectivity index (χ0) is 23.3. The summed E-state index contributed by atoms with van der Waals surface area (Å²) in [6.45, 7) is 5.26. The van der Waals surface area contributed by atoms with Crippen LogP contribution in [-0.4, -0.2) is 40.1 Å². The lowest BCUT2D eigenvalue weighted by molar-refractivity contribution is -0.137. The summed E-state index contributed by atoms with van der Waals surface area (Å²) in [7, 11) is 0. The summed E-state index contributed by atoms with van der Waals surface area (Å²) in [5.41, 5.74) is -0.291. The van der Waals surface area contributed by atoms with E-state index in [1.54, 1.807) is 4.90 Å². The highest BCUT2D eigenvalue weighted by atomic mass is 32.2. The Kier molecular flexibility index (Phi) is 7.50. The van der Waals surface area contributed by atoms with Gasteiger partial charge in [-0.25, -0.2) is 0 Å². The molecule has 0 saturated heterocycles. The van der Waals surface area contributed by atoms with Crippen molar-refractivity contribution in [1.82, 2.24) is 9.47 Å². The number of fused-ring (bicyclic) bond motifs is 1. The van der Waals surface area contributed by atoms with E-state index in [0.717, 1.165) is 21.9 Å². The zero-order valence-corrected chi connectivity index (χ0v) is 18.6. The van der Waals surface area contributed by atoms with Crippen LogP contribution in [0, 0.1) is 0 Å². The predicted molar refractivity (Wildman–Crippen MR) is 121 cm³/mol. The van der Waals surface area contributed by atoms with E-state index in [1.165, 1.54) is 30.0 Å². The van der Waals surface area contributed by atoms with Gasteiger partial charge in [-0.15, -0.1) is 11.8 Å². The summed E-state index contributed by atoms with van der Waals surface area (Å²) in [5.74, 6) is -0.610. The smallest absolute Gasteiger partial charge is 0.342 e. The predicted octanol–water partition coefficient (Wildman–Crippen LogP) is 5.26. The van der Waals surface area contributed by atoms with Gasteiger partial charge in [0, 0.05) is 35.1 Å². The summed E-state index contributed by atoms with van der Waals surface area (Å²) >= 11 is 1.22. The molecule has 5 nitrogen and oxygen atoms in total. The molecule has 9 heteroatoms. The number of amides is 2. The average molecular weight is 464 g/mol. The molecule has 0 spiro atoms. The number of halogens is 3. The number of alkyl halides is 3. The summed E-state index contributed by atoms with van der Waals surface area (Å²) in [5, 5.41) is 3.24. The molecule has 0 aliphatic rings. The second kappa shape index (κ2) is 10.1. The van der Waals surface area contributed by atoms with E-state index in [1.807, 2.05) is 48.9 Å². The molecule has 0 atom stereocenters. The summed E-state index contributed by atoms with van der Waals surface area (Å²) in [6, 6.07) is 12.4. The van der Waals surface area contributed by atoms with E-state index in [2.05, 4.69) is 5.32 Å². The maximum atomic E-state index is 13.1. The minimum absolute atomic E-state index is 0.00574. The standard InChI is InChI=1S/C23H24F3N3O2S/c1-3-28(4-2)22(31)14-29-13-20(16-9-5-8-12-19(16)29)32-15-21(30)27-18-11-7-6-10-17(18)23(24,25)26/h5-13H,3-4,14-15H2,1-2H3,(H,27,30). The van der Waals surface area contributed by atoms with Crippen LogP contribution in [0.5, 0.6) is 0 Å². The summed E-state index contributed by atoms with van der Waals surface area (Å²) in [4.78, 5) is 27.5. The number of hydrogen-bond acceptors (Lipinski definition) is 3. The number of thioether (sulfide) groups is 1. The number of nitrogens with one attached hydrogen (secondary N) is 1. The number of carbonyl (C=O) groups is 2. The SMILES string of the molecule is CCN(CC)C(=O)Cn1cc(SCC(=O)Nc2ccccc2C(F)(F)F)c2ccccc21. The van der Waals surface area contributed by atoms with Gasteiger partial charge in [0.1, 0.15) is 6.54 Å². The lowest BCUT2D eigenvalue weighted by Gasteiger charge is -2.19. The van der Waals surface area contributed by atoms with Crippen LogP contribution in [0.3, 0.4) is 0 Å². The van der Waals surface area contributed by atoms with Crippen molar-refractivity contribution in [3.05, 3.63) is 60.3 Å². The van der Waals surface area contributed by atoms with Crippen molar-refractivity contribution >= 4 is 40.2 Å². The van der Waals surface area contributed by atoms with Gasteiger partial charge < -0.3 is 14.8 Å². The molecule has 0 saturated carbocycles. The Hall–Kier alpha value is -2.94. The topological polar surface area (TPSA) is 54.3 Å². The Balaban J connectivity index is 1.75. The molecule has 2 amide bonds. The average Bonchev–Trinajstić information content (AvgIpc) is 3.10. The van der Waals surface area contributed by atoms with Gasteiger partial charge in [-0.2, -0.15) is 13.2 Å². The first kappa shape index (κ1) is 23.7. The highest BCUT2D eigenvalue weighted by Crippen LogP contribution is 2.35. The molecule has 0 fully saturated rings. The van der Waals surface area contributed by atoms with Crippen LogP contribution in [0.2, 0.25) is 0 Å². The molecule has 1 N–H and O–H groups in total. The van der Waals surface area contributed by atoms with Crippen molar-refractivity contribution in [2.45, 2.75) is 31.5 Å². The molecule has 0 aliphatic heterocycles. The van der Waals surface area contributed by atoms with Crippen LogP contribution in [0.1, 0.15) is 19.4 Å². The molecule has 32 heavy (non-hydrogen) atoms. The number of carbonyl (C=O) groups excluding carboxylic acids is 2. The van der Waals surface area contributed by atoms with Crippen LogP contribution < -0.4 is 5.32 Å². The number of anilines is 1. The highest BCUT2D eigenvalue weighted by molar-refractivity contribution is 8.00. The fraction of sp³-hybridized carbons (Fsp3) is 0.304. The Morgan fingerprint density at radius 3 is 2.38 bits per heavy atom. The van der Waals surface area contributed by atoms with E-state index in [-0.39, 0.29) is 23.9 Å². The second-order valence-corrected chi connectivity index (χ2v) is 8.10. The lowest BCUT2D eigenvalue weighted by Crippen LogP contribution is -2.33. The van der Waals surface area contributed by atoms with Crippen molar-refractivity contribution < 1.29 is 22.8 Å². The van der Waals surface area contributed by atoms with Crippen LogP contribution in [0.15, 0.2) is 59.6 Å². The summed E-state index contributed by atoms with van der Waals surface area (Å²) in [6.07, 6.45) is -2.74. The van der Waals surface area contributed by atoms with Crippen LogP contribution in [0.4, 0.5) is 18.9 Å². The van der Waals surface area contributed by atoms with Crippen LogP contribution in [-0.2, 0) is 22.3 Å². The van der Waals surface area contributed by atoms with E-state index >= 15 is 0 Å². The molecule has 0 aliphatic carbocycles. The van der Waals surface area contributed by atoms with Gasteiger partial charge in [-0.1, -0.05) is 30.3 Å². The third-order valence-electron chi connectivity index (χ3n) is 5.04. The highest BCUT2D eigenvalue weighted by Gasteiger charge is 2.33. The number of nitrogens with zero attached hydrogens (tertiary/aromatic N) is 2. The van der Waals surface area contributed by atoms with Crippen LogP contribution in [0.25, 0.3) is 10.9 Å². The van der Waals surface area contributed by atoms with E-state index in [4.69, 9.17) is 0 Å². The van der Waals surface area contributed by atoms with Crippen molar-refractivity contribution in [3.63, 3.8) is 0 Å². The molecule has 3 aromatic rings. The van der Waals surface area contributed by atoms with Gasteiger partial charge in [0.25, 0.3) is 0 Å². The third-order valence-corrected chi connectivity index (χ3v) is 6.08. The lowest BCUT2D eigenvalue weighted by atomic mass is 10.1. The minimum atomic E-state index is -4.55. The number of benzene rings is 2. The van der Waals surface area contributed by atoms with Gasteiger partial charge >= 0.3 is 6.18 Å². The molecule has 0 radical (unpaired) electrons. The number of para-hydroxylation sites is 2. The van der Waals surface area contributed by atoms with Gasteiger partial charge in [-0.05, 0) is 32.0 Å². The normalized spacial score (nSPS) is 11.5. The maximum absolute atomic E-state index is 13.1. The minimum Gasteiger partial charge on any atom is -0.342 e. The van der Waals surface area contributed by atoms with E-state index in [0.29, 0.717) is 13.1 Å². The molecule has 0 bridgehead atoms. The van der Waals surface area contributed by atoms with Gasteiger partial charge in [0.05, 0.1) is 17.0 Å². The summed E-state index contributed by atoms with van der Waals surface area (Å²) < 4.78 is 41.3. The monoisotopic (exact) mass is 463 g/mol. The number of likely N-dealkylation sites (N-methyl/N-ethyl adjacent to an activating group) is 1. The van der Waals surface area contributed by atoms with E-state index < -0.39 is 17.6 Å². The molecule has 2 aromatic carbocycles. The Morgan fingerprint density at radius 1 is 1.03 bits per heavy atom. The first-order valence-corrected chi connectivity index (χ1v) is 11.2. The van der Waals surface area contributed by atoms with Crippen molar-refractivity contribution in [2.75, 3.05) is 24.2 Å². The van der Waals surface area contributed by atoms with Gasteiger partial charge in [0.15, 0.2) is 0 Å². The van der Waals surface area contributed by atoms with Crippen molar-refractivity contribution in [3.8, 4) is 0 Å². The van der Waals surface area contributed by atoms with Crippen molar-refractivity contribution in [2.24, 2.45) is 0 Å². The second-order valence-electron chi connectivity index (χ2n) is 7.08. The fourth-order valence-electron chi connectivity index (χ4n) is 3.45. The van der Waals surface area contributed by atoms with Crippen molar-refractivity contribution in [1.29, 1.82) is 0 Å².